The minimum Gasteiger partial charge on any atom is -0.393 e. The first-order valence-electron chi connectivity index (χ1n) is 4.44. The molecule has 1 amide bonds. The van der Waals surface area contributed by atoms with Crippen LogP contribution in [-0.4, -0.2) is 47.1 Å². The van der Waals surface area contributed by atoms with Crippen LogP contribution in [0.15, 0.2) is 0 Å². The molecule has 0 radical (unpaired) electrons. The number of hydrogen-bond donors (Lipinski definition) is 1. The van der Waals surface area contributed by atoms with Gasteiger partial charge in [-0.3, -0.25) is 4.79 Å². The second-order valence-corrected chi connectivity index (χ2v) is 4.09. The zero-order chi connectivity index (χ0) is 11.0. The SMILES string of the molecule is CC(O)CCN(C)C(=O)CSCC#N. The number of rotatable bonds is 6. The number of nitrogens with zero attached hydrogens (tertiary/aromatic N) is 2. The van der Waals surface area contributed by atoms with Crippen molar-refractivity contribution in [2.75, 3.05) is 25.1 Å². The van der Waals surface area contributed by atoms with E-state index in [1.165, 1.54) is 11.8 Å². The molecule has 0 saturated heterocycles. The Morgan fingerprint density at radius 3 is 2.86 bits per heavy atom. The quantitative estimate of drug-likeness (QED) is 0.656. The highest BCUT2D eigenvalue weighted by molar-refractivity contribution is 8.00. The van der Waals surface area contributed by atoms with Gasteiger partial charge in [-0.25, -0.2) is 0 Å². The first-order chi connectivity index (χ1) is 6.57. The summed E-state index contributed by atoms with van der Waals surface area (Å²) in [5.74, 6) is 0.686. The second kappa shape index (κ2) is 7.65. The molecule has 0 aliphatic carbocycles. The van der Waals surface area contributed by atoms with Crippen LogP contribution in [-0.2, 0) is 4.79 Å². The topological polar surface area (TPSA) is 64.3 Å². The summed E-state index contributed by atoms with van der Waals surface area (Å²) < 4.78 is 0. The number of nitriles is 1. The molecule has 0 aliphatic heterocycles. The maximum absolute atomic E-state index is 11.3. The zero-order valence-corrected chi connectivity index (χ0v) is 9.38. The van der Waals surface area contributed by atoms with Crippen molar-refractivity contribution in [3.8, 4) is 6.07 Å². The van der Waals surface area contributed by atoms with Gasteiger partial charge in [0.1, 0.15) is 0 Å². The van der Waals surface area contributed by atoms with E-state index < -0.39 is 0 Å². The van der Waals surface area contributed by atoms with E-state index in [1.807, 2.05) is 6.07 Å². The van der Waals surface area contributed by atoms with Crippen LogP contribution in [0.3, 0.4) is 0 Å². The second-order valence-electron chi connectivity index (χ2n) is 3.10. The first-order valence-corrected chi connectivity index (χ1v) is 5.60. The molecular weight excluding hydrogens is 200 g/mol. The molecular formula is C9H16N2O2S. The summed E-state index contributed by atoms with van der Waals surface area (Å²) in [4.78, 5) is 12.9. The molecule has 0 fully saturated rings. The van der Waals surface area contributed by atoms with Crippen LogP contribution in [0.1, 0.15) is 13.3 Å². The van der Waals surface area contributed by atoms with Crippen molar-refractivity contribution in [1.82, 2.24) is 4.90 Å². The van der Waals surface area contributed by atoms with Crippen molar-refractivity contribution in [2.45, 2.75) is 19.4 Å². The van der Waals surface area contributed by atoms with Gasteiger partial charge in [0.05, 0.1) is 23.7 Å². The number of thioether (sulfide) groups is 1. The van der Waals surface area contributed by atoms with Gasteiger partial charge in [-0.05, 0) is 13.3 Å². The average molecular weight is 216 g/mol. The molecule has 1 atom stereocenters. The summed E-state index contributed by atoms with van der Waals surface area (Å²) in [6.07, 6.45) is 0.211. The molecule has 0 heterocycles. The summed E-state index contributed by atoms with van der Waals surface area (Å²) in [5, 5.41) is 17.3. The Labute approximate surface area is 88.9 Å². The lowest BCUT2D eigenvalue weighted by molar-refractivity contribution is -0.127. The van der Waals surface area contributed by atoms with Crippen molar-refractivity contribution in [3.05, 3.63) is 0 Å². The number of aliphatic hydroxyl groups excluding tert-OH is 1. The first kappa shape index (κ1) is 13.3. The lowest BCUT2D eigenvalue weighted by Gasteiger charge is -2.17. The van der Waals surface area contributed by atoms with Gasteiger partial charge in [0, 0.05) is 13.6 Å². The number of carbonyl (C=O) groups excluding carboxylic acids is 1. The lowest BCUT2D eigenvalue weighted by atomic mass is 10.3. The molecule has 5 heteroatoms. The molecule has 80 valence electrons. The Morgan fingerprint density at radius 2 is 2.36 bits per heavy atom. The number of carbonyl (C=O) groups is 1. The Hall–Kier alpha value is -0.730. The fraction of sp³-hybridized carbons (Fsp3) is 0.778. The molecule has 0 bridgehead atoms. The largest absolute Gasteiger partial charge is 0.393 e. The van der Waals surface area contributed by atoms with Crippen LogP contribution in [0.5, 0.6) is 0 Å². The molecule has 14 heavy (non-hydrogen) atoms. The molecule has 0 rings (SSSR count). The van der Waals surface area contributed by atoms with E-state index in [0.717, 1.165) is 0 Å². The molecule has 0 aromatic heterocycles. The van der Waals surface area contributed by atoms with E-state index in [0.29, 0.717) is 24.5 Å². The molecule has 4 nitrogen and oxygen atoms in total. The van der Waals surface area contributed by atoms with Crippen LogP contribution in [0.25, 0.3) is 0 Å². The van der Waals surface area contributed by atoms with E-state index in [1.54, 1.807) is 18.9 Å². The minimum atomic E-state index is -0.378. The van der Waals surface area contributed by atoms with E-state index in [-0.39, 0.29) is 12.0 Å². The fourth-order valence-corrected chi connectivity index (χ4v) is 1.39. The average Bonchev–Trinajstić information content (AvgIpc) is 2.14. The van der Waals surface area contributed by atoms with E-state index in [2.05, 4.69) is 0 Å². The third kappa shape index (κ3) is 6.75. The molecule has 1 N–H and O–H groups in total. The maximum Gasteiger partial charge on any atom is 0.232 e. The van der Waals surface area contributed by atoms with Crippen LogP contribution >= 0.6 is 11.8 Å². The summed E-state index contributed by atoms with van der Waals surface area (Å²) in [5.41, 5.74) is 0. The van der Waals surface area contributed by atoms with Crippen molar-refractivity contribution >= 4 is 17.7 Å². The third-order valence-electron chi connectivity index (χ3n) is 1.70. The molecule has 0 aliphatic rings. The monoisotopic (exact) mass is 216 g/mol. The van der Waals surface area contributed by atoms with Gasteiger partial charge in [0.2, 0.25) is 5.91 Å². The van der Waals surface area contributed by atoms with Gasteiger partial charge < -0.3 is 10.0 Å². The van der Waals surface area contributed by atoms with Crippen LogP contribution in [0, 0.1) is 11.3 Å². The molecule has 1 unspecified atom stereocenters. The van der Waals surface area contributed by atoms with Crippen molar-refractivity contribution < 1.29 is 9.90 Å². The van der Waals surface area contributed by atoms with Crippen LogP contribution < -0.4 is 0 Å². The van der Waals surface area contributed by atoms with Crippen molar-refractivity contribution in [3.63, 3.8) is 0 Å². The summed E-state index contributed by atoms with van der Waals surface area (Å²) in [7, 11) is 1.71. The standard InChI is InChI=1S/C9H16N2O2S/c1-8(12)3-5-11(2)9(13)7-14-6-4-10/h8,12H,3,5-7H2,1-2H3. The highest BCUT2D eigenvalue weighted by Crippen LogP contribution is 2.01. The lowest BCUT2D eigenvalue weighted by Crippen LogP contribution is -2.30. The highest BCUT2D eigenvalue weighted by Gasteiger charge is 2.08. The zero-order valence-electron chi connectivity index (χ0n) is 8.56. The van der Waals surface area contributed by atoms with Gasteiger partial charge in [-0.2, -0.15) is 5.26 Å². The fourth-order valence-electron chi connectivity index (χ4n) is 0.799. The summed E-state index contributed by atoms with van der Waals surface area (Å²) in [6, 6.07) is 1.96. The van der Waals surface area contributed by atoms with Gasteiger partial charge in [-0.15, -0.1) is 11.8 Å². The molecule has 0 spiro atoms. The van der Waals surface area contributed by atoms with E-state index in [9.17, 15) is 4.79 Å². The Bertz CT molecular complexity index is 213. The van der Waals surface area contributed by atoms with Crippen molar-refractivity contribution in [2.24, 2.45) is 0 Å². The minimum absolute atomic E-state index is 0.00546. The number of hydrogen-bond acceptors (Lipinski definition) is 4. The van der Waals surface area contributed by atoms with Gasteiger partial charge in [-0.1, -0.05) is 0 Å². The van der Waals surface area contributed by atoms with Gasteiger partial charge >= 0.3 is 0 Å². The van der Waals surface area contributed by atoms with Gasteiger partial charge in [0.25, 0.3) is 0 Å². The van der Waals surface area contributed by atoms with Crippen LogP contribution in [0.4, 0.5) is 0 Å². The number of amides is 1. The predicted molar refractivity (Wildman–Crippen MR) is 56.9 cm³/mol. The number of aliphatic hydroxyl groups is 1. The van der Waals surface area contributed by atoms with Crippen molar-refractivity contribution in [1.29, 1.82) is 5.26 Å². The molecule has 0 aromatic rings. The third-order valence-corrected chi connectivity index (χ3v) is 2.48. The maximum atomic E-state index is 11.3. The Balaban J connectivity index is 3.61. The summed E-state index contributed by atoms with van der Waals surface area (Å²) in [6.45, 7) is 2.26. The van der Waals surface area contributed by atoms with Crippen LogP contribution in [0.2, 0.25) is 0 Å². The predicted octanol–water partition coefficient (Wildman–Crippen LogP) is 0.472. The normalized spacial score (nSPS) is 11.9. The molecule has 0 aromatic carbocycles. The smallest absolute Gasteiger partial charge is 0.232 e. The Kier molecular flexibility index (Phi) is 7.25. The highest BCUT2D eigenvalue weighted by atomic mass is 32.2. The Morgan fingerprint density at radius 1 is 1.71 bits per heavy atom. The summed E-state index contributed by atoms with van der Waals surface area (Å²) >= 11 is 1.31. The van der Waals surface area contributed by atoms with E-state index in [4.69, 9.17) is 10.4 Å². The molecule has 0 saturated carbocycles. The van der Waals surface area contributed by atoms with Gasteiger partial charge in [0.15, 0.2) is 0 Å². The van der Waals surface area contributed by atoms with E-state index >= 15 is 0 Å².